The topological polar surface area (TPSA) is 82.4 Å². The minimum atomic E-state index is -0.721. The maximum atomic E-state index is 13.4. The molecule has 0 fully saturated rings. The number of amides is 1. The first-order valence-corrected chi connectivity index (χ1v) is 11.2. The van der Waals surface area contributed by atoms with Crippen LogP contribution in [0.25, 0.3) is 20.2 Å². The second kappa shape index (κ2) is 9.00. The Morgan fingerprint density at radius 2 is 1.97 bits per heavy atom. The molecular formula is C24H25N3O4S. The average Bonchev–Trinajstić information content (AvgIpc) is 3.21. The fraction of sp³-hybridized carbons (Fsp3) is 0.292. The molecule has 32 heavy (non-hydrogen) atoms. The Morgan fingerprint density at radius 3 is 2.69 bits per heavy atom. The zero-order valence-electron chi connectivity index (χ0n) is 18.5. The minimum absolute atomic E-state index is 0.243. The van der Waals surface area contributed by atoms with Crippen LogP contribution in [-0.2, 0) is 11.3 Å². The van der Waals surface area contributed by atoms with E-state index in [-0.39, 0.29) is 18.0 Å². The van der Waals surface area contributed by atoms with Crippen LogP contribution >= 0.6 is 11.3 Å². The van der Waals surface area contributed by atoms with Gasteiger partial charge in [0, 0.05) is 22.2 Å². The molecule has 1 amide bonds. The van der Waals surface area contributed by atoms with Crippen molar-refractivity contribution in [3.8, 4) is 11.5 Å². The van der Waals surface area contributed by atoms with Crippen LogP contribution in [0.15, 0.2) is 47.3 Å². The molecule has 1 atom stereocenters. The van der Waals surface area contributed by atoms with Crippen molar-refractivity contribution >= 4 is 37.4 Å². The summed E-state index contributed by atoms with van der Waals surface area (Å²) in [6, 6.07) is 12.5. The summed E-state index contributed by atoms with van der Waals surface area (Å²) in [5.41, 5.74) is 1.27. The summed E-state index contributed by atoms with van der Waals surface area (Å²) in [6.07, 6.45) is 0.432. The Kier molecular flexibility index (Phi) is 6.14. The Hall–Kier alpha value is -3.39. The van der Waals surface area contributed by atoms with Crippen LogP contribution < -0.4 is 20.3 Å². The molecule has 0 spiro atoms. The summed E-state index contributed by atoms with van der Waals surface area (Å²) >= 11 is 1.55. The van der Waals surface area contributed by atoms with E-state index in [9.17, 15) is 9.59 Å². The van der Waals surface area contributed by atoms with Gasteiger partial charge in [0.05, 0.1) is 30.0 Å². The van der Waals surface area contributed by atoms with Gasteiger partial charge in [-0.25, -0.2) is 4.68 Å². The van der Waals surface area contributed by atoms with Crippen molar-refractivity contribution in [3.63, 3.8) is 0 Å². The Balaban J connectivity index is 1.68. The average molecular weight is 452 g/mol. The highest BCUT2D eigenvalue weighted by molar-refractivity contribution is 7.26. The lowest BCUT2D eigenvalue weighted by molar-refractivity contribution is -0.125. The van der Waals surface area contributed by atoms with Crippen LogP contribution in [0.5, 0.6) is 11.5 Å². The van der Waals surface area contributed by atoms with Crippen LogP contribution in [0.4, 0.5) is 0 Å². The van der Waals surface area contributed by atoms with Gasteiger partial charge >= 0.3 is 0 Å². The summed E-state index contributed by atoms with van der Waals surface area (Å²) in [7, 11) is 3.16. The van der Waals surface area contributed by atoms with Gasteiger partial charge in [0.2, 0.25) is 5.91 Å². The molecule has 0 aliphatic carbocycles. The molecule has 0 radical (unpaired) electrons. The van der Waals surface area contributed by atoms with Crippen molar-refractivity contribution < 1.29 is 14.3 Å². The quantitative estimate of drug-likeness (QED) is 0.455. The number of rotatable bonds is 7. The van der Waals surface area contributed by atoms with Gasteiger partial charge in [-0.15, -0.1) is 11.3 Å². The molecule has 0 saturated carbocycles. The van der Waals surface area contributed by atoms with Crippen LogP contribution in [0.3, 0.4) is 0 Å². The number of ether oxygens (including phenoxy) is 2. The molecule has 2 aromatic carbocycles. The fourth-order valence-corrected chi connectivity index (χ4v) is 5.01. The van der Waals surface area contributed by atoms with Gasteiger partial charge in [-0.3, -0.25) is 9.59 Å². The third-order valence-corrected chi connectivity index (χ3v) is 6.81. The van der Waals surface area contributed by atoms with Crippen molar-refractivity contribution in [2.24, 2.45) is 0 Å². The first-order chi connectivity index (χ1) is 15.5. The van der Waals surface area contributed by atoms with Gasteiger partial charge in [-0.05, 0) is 37.6 Å². The predicted octanol–water partition coefficient (Wildman–Crippen LogP) is 4.20. The molecule has 4 aromatic rings. The van der Waals surface area contributed by atoms with E-state index in [1.807, 2.05) is 44.2 Å². The van der Waals surface area contributed by atoms with E-state index < -0.39 is 6.04 Å². The molecule has 8 heteroatoms. The summed E-state index contributed by atoms with van der Waals surface area (Å²) in [5, 5.41) is 8.96. The number of aromatic nitrogens is 2. The molecule has 0 aliphatic heterocycles. The largest absolute Gasteiger partial charge is 0.497 e. The van der Waals surface area contributed by atoms with Crippen molar-refractivity contribution in [3.05, 3.63) is 64.1 Å². The monoisotopic (exact) mass is 451 g/mol. The molecule has 4 rings (SSSR count). The van der Waals surface area contributed by atoms with Gasteiger partial charge in [-0.2, -0.15) is 5.10 Å². The van der Waals surface area contributed by atoms with Crippen molar-refractivity contribution in [2.75, 3.05) is 14.2 Å². The summed E-state index contributed by atoms with van der Waals surface area (Å²) in [5.74, 6) is 1.05. The molecular weight excluding hydrogens is 426 g/mol. The van der Waals surface area contributed by atoms with Crippen LogP contribution in [0, 0.1) is 6.92 Å². The highest BCUT2D eigenvalue weighted by Gasteiger charge is 2.24. The number of carbonyl (C=O) groups is 1. The number of hydrogen-bond donors (Lipinski definition) is 1. The number of thiophene rings is 1. The number of nitrogens with zero attached hydrogens (tertiary/aromatic N) is 2. The van der Waals surface area contributed by atoms with E-state index >= 15 is 0 Å². The zero-order chi connectivity index (χ0) is 22.8. The molecule has 2 aromatic heterocycles. The van der Waals surface area contributed by atoms with Crippen LogP contribution in [-0.4, -0.2) is 29.9 Å². The number of benzene rings is 2. The smallest absolute Gasteiger partial charge is 0.276 e. The fourth-order valence-electron chi connectivity index (χ4n) is 3.88. The molecule has 0 unspecified atom stereocenters. The maximum Gasteiger partial charge on any atom is 0.276 e. The van der Waals surface area contributed by atoms with Crippen LogP contribution in [0.2, 0.25) is 0 Å². The Labute approximate surface area is 189 Å². The van der Waals surface area contributed by atoms with E-state index in [0.717, 1.165) is 26.0 Å². The van der Waals surface area contributed by atoms with Gasteiger partial charge in [0.15, 0.2) is 0 Å². The molecule has 166 valence electrons. The molecule has 2 heterocycles. The number of methoxy groups -OCH3 is 2. The number of hydrogen-bond acceptors (Lipinski definition) is 6. The van der Waals surface area contributed by atoms with Gasteiger partial charge in [-0.1, -0.05) is 25.1 Å². The minimum Gasteiger partial charge on any atom is -0.497 e. The van der Waals surface area contributed by atoms with Gasteiger partial charge in [0.25, 0.3) is 5.56 Å². The molecule has 7 nitrogen and oxygen atoms in total. The maximum absolute atomic E-state index is 13.4. The highest BCUT2D eigenvalue weighted by Crippen LogP contribution is 2.33. The molecule has 1 N–H and O–H groups in total. The number of carbonyl (C=O) groups excluding carboxylic acids is 1. The second-order valence-electron chi connectivity index (χ2n) is 7.46. The molecule has 0 bridgehead atoms. The number of nitrogens with one attached hydrogen (secondary N) is 1. The number of fused-ring (bicyclic) bond motifs is 3. The molecule has 0 saturated heterocycles. The van der Waals surface area contributed by atoms with Gasteiger partial charge in [0.1, 0.15) is 17.5 Å². The summed E-state index contributed by atoms with van der Waals surface area (Å²) in [4.78, 5) is 26.5. The third-order valence-electron chi connectivity index (χ3n) is 5.53. The first kappa shape index (κ1) is 21.8. The van der Waals surface area contributed by atoms with E-state index in [4.69, 9.17) is 9.47 Å². The summed E-state index contributed by atoms with van der Waals surface area (Å²) < 4.78 is 13.9. The van der Waals surface area contributed by atoms with E-state index in [0.29, 0.717) is 23.3 Å². The number of aryl methyl sites for hydroxylation is 1. The lowest BCUT2D eigenvalue weighted by Gasteiger charge is -2.18. The van der Waals surface area contributed by atoms with Gasteiger partial charge < -0.3 is 14.8 Å². The highest BCUT2D eigenvalue weighted by atomic mass is 32.1. The normalized spacial score (nSPS) is 12.1. The predicted molar refractivity (Wildman–Crippen MR) is 127 cm³/mol. The second-order valence-corrected chi connectivity index (χ2v) is 8.51. The van der Waals surface area contributed by atoms with Crippen LogP contribution in [0.1, 0.15) is 30.6 Å². The van der Waals surface area contributed by atoms with Crippen molar-refractivity contribution in [1.82, 2.24) is 15.1 Å². The van der Waals surface area contributed by atoms with E-state index in [1.165, 1.54) is 4.68 Å². The lowest BCUT2D eigenvalue weighted by Crippen LogP contribution is -2.38. The first-order valence-electron chi connectivity index (χ1n) is 10.4. The Morgan fingerprint density at radius 1 is 1.19 bits per heavy atom. The standard InChI is InChI=1S/C24H25N3O4S/c1-5-18(23(28)25-13-15-12-16(30-3)10-11-19(15)31-4)27-24(29)21-17-8-6-7-9-20(17)32-22(21)14(2)26-27/h6-12,18H,5,13H2,1-4H3,(H,25,28)/t18-/m0/s1. The lowest BCUT2D eigenvalue weighted by atomic mass is 10.1. The van der Waals surface area contributed by atoms with E-state index in [2.05, 4.69) is 10.4 Å². The van der Waals surface area contributed by atoms with Crippen molar-refractivity contribution in [2.45, 2.75) is 32.9 Å². The third kappa shape index (κ3) is 3.82. The van der Waals surface area contributed by atoms with E-state index in [1.54, 1.807) is 37.7 Å². The molecule has 0 aliphatic rings. The van der Waals surface area contributed by atoms with Crippen molar-refractivity contribution in [1.29, 1.82) is 0 Å². The SMILES string of the molecule is CC[C@@H](C(=O)NCc1cc(OC)ccc1OC)n1nc(C)c2sc3ccccc3c2c1=O. The summed E-state index contributed by atoms with van der Waals surface area (Å²) in [6.45, 7) is 3.99. The zero-order valence-corrected chi connectivity index (χ0v) is 19.3. The Bertz CT molecular complexity index is 1360.